The van der Waals surface area contributed by atoms with Crippen LogP contribution in [0.4, 0.5) is 0 Å². The number of carbonyl (C=O) groups is 1. The van der Waals surface area contributed by atoms with Crippen molar-refractivity contribution in [1.82, 2.24) is 10.6 Å². The molecule has 2 aliphatic rings. The van der Waals surface area contributed by atoms with Crippen LogP contribution in [0.5, 0.6) is 0 Å². The molecule has 5 nitrogen and oxygen atoms in total. The molecule has 2 atom stereocenters. The van der Waals surface area contributed by atoms with Gasteiger partial charge in [0.15, 0.2) is 0 Å². The van der Waals surface area contributed by atoms with Gasteiger partial charge in [0.05, 0.1) is 12.2 Å². The van der Waals surface area contributed by atoms with E-state index in [1.807, 2.05) is 11.8 Å². The van der Waals surface area contributed by atoms with Crippen LogP contribution < -0.4 is 10.6 Å². The minimum absolute atomic E-state index is 0.0905. The Labute approximate surface area is 125 Å². The molecule has 0 radical (unpaired) electrons. The van der Waals surface area contributed by atoms with Gasteiger partial charge < -0.3 is 20.1 Å². The summed E-state index contributed by atoms with van der Waals surface area (Å²) in [4.78, 5) is 11.6. The summed E-state index contributed by atoms with van der Waals surface area (Å²) in [6.07, 6.45) is 3.85. The van der Waals surface area contributed by atoms with E-state index in [0.29, 0.717) is 25.6 Å². The zero-order valence-electron chi connectivity index (χ0n) is 12.3. The van der Waals surface area contributed by atoms with E-state index >= 15 is 0 Å². The second kappa shape index (κ2) is 8.22. The van der Waals surface area contributed by atoms with E-state index in [0.717, 1.165) is 31.7 Å². The fourth-order valence-electron chi connectivity index (χ4n) is 2.84. The summed E-state index contributed by atoms with van der Waals surface area (Å²) in [6.45, 7) is 2.75. The van der Waals surface area contributed by atoms with Crippen molar-refractivity contribution in [2.24, 2.45) is 0 Å². The van der Waals surface area contributed by atoms with Crippen molar-refractivity contribution in [2.75, 3.05) is 44.9 Å². The molecule has 116 valence electrons. The average Bonchev–Trinajstić information content (AvgIpc) is 2.87. The van der Waals surface area contributed by atoms with Gasteiger partial charge in [0.1, 0.15) is 0 Å². The molecule has 0 aromatic carbocycles. The van der Waals surface area contributed by atoms with Gasteiger partial charge in [-0.1, -0.05) is 0 Å². The van der Waals surface area contributed by atoms with Gasteiger partial charge in [-0.25, -0.2) is 0 Å². The molecule has 2 N–H and O–H groups in total. The van der Waals surface area contributed by atoms with E-state index in [1.54, 1.807) is 7.11 Å². The van der Waals surface area contributed by atoms with Crippen molar-refractivity contribution in [3.8, 4) is 0 Å². The van der Waals surface area contributed by atoms with Crippen LogP contribution in [0.1, 0.15) is 25.7 Å². The molecule has 0 aromatic heterocycles. The lowest BCUT2D eigenvalue weighted by atomic mass is 9.90. The lowest BCUT2D eigenvalue weighted by Gasteiger charge is -2.38. The Balaban J connectivity index is 1.60. The number of carbonyl (C=O) groups excluding carboxylic acids is 1. The van der Waals surface area contributed by atoms with Crippen LogP contribution in [-0.4, -0.2) is 62.5 Å². The fraction of sp³-hybridized carbons (Fsp3) is 0.929. The Hall–Kier alpha value is -0.300. The summed E-state index contributed by atoms with van der Waals surface area (Å²) in [5.41, 5.74) is 0.112. The summed E-state index contributed by atoms with van der Waals surface area (Å²) < 4.78 is 10.9. The van der Waals surface area contributed by atoms with E-state index in [4.69, 9.17) is 9.47 Å². The lowest BCUT2D eigenvalue weighted by molar-refractivity contribution is -0.121. The van der Waals surface area contributed by atoms with Gasteiger partial charge in [0.2, 0.25) is 5.91 Å². The van der Waals surface area contributed by atoms with Gasteiger partial charge in [-0.15, -0.1) is 0 Å². The first-order valence-corrected chi connectivity index (χ1v) is 8.60. The maximum absolute atomic E-state index is 11.6. The van der Waals surface area contributed by atoms with Crippen LogP contribution in [0.2, 0.25) is 0 Å². The van der Waals surface area contributed by atoms with Crippen LogP contribution in [-0.2, 0) is 14.3 Å². The summed E-state index contributed by atoms with van der Waals surface area (Å²) in [6, 6.07) is 0.495. The Morgan fingerprint density at radius 3 is 3.15 bits per heavy atom. The first kappa shape index (κ1) is 16.1. The number of hydrogen-bond donors (Lipinski definition) is 2. The Kier molecular flexibility index (Phi) is 6.61. The normalized spacial score (nSPS) is 29.8. The second-order valence-electron chi connectivity index (χ2n) is 5.57. The molecule has 0 bridgehead atoms. The Morgan fingerprint density at radius 2 is 2.40 bits per heavy atom. The van der Waals surface area contributed by atoms with Crippen LogP contribution in [0.3, 0.4) is 0 Å². The van der Waals surface area contributed by atoms with E-state index < -0.39 is 0 Å². The maximum Gasteiger partial charge on any atom is 0.221 e. The predicted molar refractivity (Wildman–Crippen MR) is 81.2 cm³/mol. The van der Waals surface area contributed by atoms with Crippen molar-refractivity contribution in [3.05, 3.63) is 0 Å². The number of nitrogens with one attached hydrogen (secondary N) is 2. The molecule has 2 heterocycles. The topological polar surface area (TPSA) is 59.6 Å². The quantitative estimate of drug-likeness (QED) is 0.681. The number of thioether (sulfide) groups is 1. The van der Waals surface area contributed by atoms with E-state index in [1.165, 1.54) is 12.2 Å². The number of hydrogen-bond acceptors (Lipinski definition) is 5. The molecular weight excluding hydrogens is 276 g/mol. The average molecular weight is 302 g/mol. The predicted octanol–water partition coefficient (Wildman–Crippen LogP) is 0.783. The minimum atomic E-state index is 0.0905. The van der Waals surface area contributed by atoms with Gasteiger partial charge in [0.25, 0.3) is 0 Å². The van der Waals surface area contributed by atoms with Gasteiger partial charge >= 0.3 is 0 Å². The third kappa shape index (κ3) is 4.91. The second-order valence-corrected chi connectivity index (χ2v) is 6.68. The monoisotopic (exact) mass is 302 g/mol. The number of rotatable bonds is 7. The SMILES string of the molecule is COCCNC(=O)CCNC1CCOC2(CCSC2)C1. The van der Waals surface area contributed by atoms with Gasteiger partial charge in [0, 0.05) is 45.0 Å². The van der Waals surface area contributed by atoms with Crippen LogP contribution in [0.15, 0.2) is 0 Å². The van der Waals surface area contributed by atoms with Crippen LogP contribution >= 0.6 is 11.8 Å². The standard InChI is InChI=1S/C14H26N2O3S/c1-18-8-6-16-13(17)2-5-15-12-3-7-19-14(10-12)4-9-20-11-14/h12,15H,2-11H2,1H3,(H,16,17). The zero-order chi connectivity index (χ0) is 14.3. The van der Waals surface area contributed by atoms with Crippen molar-refractivity contribution >= 4 is 17.7 Å². The molecule has 0 aromatic rings. The molecule has 20 heavy (non-hydrogen) atoms. The van der Waals surface area contributed by atoms with Gasteiger partial charge in [-0.2, -0.15) is 11.8 Å². The van der Waals surface area contributed by atoms with E-state index in [9.17, 15) is 4.79 Å². The Bertz CT molecular complexity index is 309. The highest BCUT2D eigenvalue weighted by molar-refractivity contribution is 7.99. The molecule has 2 fully saturated rings. The van der Waals surface area contributed by atoms with E-state index in [2.05, 4.69) is 10.6 Å². The molecule has 1 spiro atoms. The fourth-order valence-corrected chi connectivity index (χ4v) is 4.21. The van der Waals surface area contributed by atoms with Crippen molar-refractivity contribution in [3.63, 3.8) is 0 Å². The zero-order valence-corrected chi connectivity index (χ0v) is 13.1. The third-order valence-electron chi connectivity index (χ3n) is 3.97. The molecule has 2 saturated heterocycles. The molecule has 2 aliphatic heterocycles. The highest BCUT2D eigenvalue weighted by Crippen LogP contribution is 2.38. The highest BCUT2D eigenvalue weighted by Gasteiger charge is 2.40. The maximum atomic E-state index is 11.6. The lowest BCUT2D eigenvalue weighted by Crippen LogP contribution is -2.47. The third-order valence-corrected chi connectivity index (χ3v) is 5.20. The van der Waals surface area contributed by atoms with Crippen molar-refractivity contribution in [2.45, 2.75) is 37.3 Å². The number of methoxy groups -OCH3 is 1. The number of amides is 1. The molecule has 2 unspecified atom stereocenters. The molecule has 0 saturated carbocycles. The van der Waals surface area contributed by atoms with Crippen LogP contribution in [0, 0.1) is 0 Å². The summed E-state index contributed by atoms with van der Waals surface area (Å²) in [5.74, 6) is 2.44. The molecular formula is C14H26N2O3S. The van der Waals surface area contributed by atoms with Crippen molar-refractivity contribution in [1.29, 1.82) is 0 Å². The molecule has 6 heteroatoms. The van der Waals surface area contributed by atoms with Crippen LogP contribution in [0.25, 0.3) is 0 Å². The largest absolute Gasteiger partial charge is 0.383 e. The highest BCUT2D eigenvalue weighted by atomic mass is 32.2. The van der Waals surface area contributed by atoms with E-state index in [-0.39, 0.29) is 11.5 Å². The summed E-state index contributed by atoms with van der Waals surface area (Å²) in [7, 11) is 1.63. The molecule has 2 rings (SSSR count). The van der Waals surface area contributed by atoms with Gasteiger partial charge in [-0.05, 0) is 25.0 Å². The van der Waals surface area contributed by atoms with Gasteiger partial charge in [-0.3, -0.25) is 4.79 Å². The number of ether oxygens (including phenoxy) is 2. The first-order chi connectivity index (χ1) is 9.74. The molecule has 0 aliphatic carbocycles. The van der Waals surface area contributed by atoms with Crippen molar-refractivity contribution < 1.29 is 14.3 Å². The minimum Gasteiger partial charge on any atom is -0.383 e. The summed E-state index contributed by atoms with van der Waals surface area (Å²) in [5, 5.41) is 6.35. The summed E-state index contributed by atoms with van der Waals surface area (Å²) >= 11 is 1.99. The Morgan fingerprint density at radius 1 is 1.50 bits per heavy atom. The first-order valence-electron chi connectivity index (χ1n) is 7.45. The smallest absolute Gasteiger partial charge is 0.221 e. The molecule has 1 amide bonds.